The highest BCUT2D eigenvalue weighted by molar-refractivity contribution is 7.90. The molecule has 0 saturated carbocycles. The summed E-state index contributed by atoms with van der Waals surface area (Å²) < 4.78 is 26.0. The molecular weight excluding hydrogens is 322 g/mol. The van der Waals surface area contributed by atoms with Crippen LogP contribution < -0.4 is 0 Å². The largest absolute Gasteiger partial charge is 0.305 e. The van der Waals surface area contributed by atoms with Crippen LogP contribution in [0.15, 0.2) is 72.0 Å². The first-order chi connectivity index (χ1) is 11.5. The highest BCUT2D eigenvalue weighted by atomic mass is 32.2. The molecule has 3 aromatic rings. The summed E-state index contributed by atoms with van der Waals surface area (Å²) in [6.07, 6.45) is 4.41. The highest BCUT2D eigenvalue weighted by Crippen LogP contribution is 2.20. The van der Waals surface area contributed by atoms with E-state index in [-0.39, 0.29) is 4.90 Å². The maximum atomic E-state index is 12.4. The van der Waals surface area contributed by atoms with Crippen LogP contribution in [0.2, 0.25) is 0 Å². The van der Waals surface area contributed by atoms with E-state index in [0.29, 0.717) is 0 Å². The summed E-state index contributed by atoms with van der Waals surface area (Å²) >= 11 is 0. The molecule has 0 spiro atoms. The maximum Gasteiger partial charge on any atom is 0.269 e. The van der Waals surface area contributed by atoms with Gasteiger partial charge in [0.05, 0.1) is 5.69 Å². The van der Waals surface area contributed by atoms with Crippen LogP contribution in [0, 0.1) is 0 Å². The number of hydrogen-bond acceptors (Lipinski definition) is 4. The maximum absolute atomic E-state index is 12.4. The van der Waals surface area contributed by atoms with E-state index in [9.17, 15) is 8.42 Å². The van der Waals surface area contributed by atoms with Crippen LogP contribution >= 0.6 is 0 Å². The molecular formula is C18H19N3O2S. The molecule has 0 aliphatic heterocycles. The fourth-order valence-corrected chi connectivity index (χ4v) is 3.58. The van der Waals surface area contributed by atoms with Crippen LogP contribution in [-0.2, 0) is 16.6 Å². The predicted molar refractivity (Wildman–Crippen MR) is 94.1 cm³/mol. The van der Waals surface area contributed by atoms with Crippen LogP contribution in [0.25, 0.3) is 11.3 Å². The average Bonchev–Trinajstić information content (AvgIpc) is 3.10. The first-order valence-corrected chi connectivity index (χ1v) is 8.99. The third-order valence-corrected chi connectivity index (χ3v) is 5.27. The zero-order valence-corrected chi connectivity index (χ0v) is 14.4. The Balaban J connectivity index is 1.85. The Morgan fingerprint density at radius 2 is 1.67 bits per heavy atom. The molecule has 0 unspecified atom stereocenters. The molecule has 0 bridgehead atoms. The molecule has 24 heavy (non-hydrogen) atoms. The molecule has 1 aromatic carbocycles. The molecule has 0 atom stereocenters. The summed E-state index contributed by atoms with van der Waals surface area (Å²) in [5.41, 5.74) is 2.93. The summed E-state index contributed by atoms with van der Waals surface area (Å²) in [5, 5.41) is 0. The lowest BCUT2D eigenvalue weighted by Crippen LogP contribution is -2.11. The monoisotopic (exact) mass is 341 g/mol. The van der Waals surface area contributed by atoms with Gasteiger partial charge in [-0.1, -0.05) is 24.3 Å². The lowest BCUT2D eigenvalue weighted by molar-refractivity contribution is 0.402. The highest BCUT2D eigenvalue weighted by Gasteiger charge is 2.16. The van der Waals surface area contributed by atoms with Crippen molar-refractivity contribution in [1.29, 1.82) is 0 Å². The van der Waals surface area contributed by atoms with Gasteiger partial charge in [-0.3, -0.25) is 4.98 Å². The molecule has 3 rings (SSSR count). The van der Waals surface area contributed by atoms with Crippen molar-refractivity contribution in [3.8, 4) is 11.3 Å². The van der Waals surface area contributed by atoms with Gasteiger partial charge in [0, 0.05) is 30.7 Å². The van der Waals surface area contributed by atoms with Crippen molar-refractivity contribution in [1.82, 2.24) is 13.9 Å². The lowest BCUT2D eigenvalue weighted by atomic mass is 10.1. The Kier molecular flexibility index (Phi) is 4.51. The third-order valence-electron chi connectivity index (χ3n) is 3.64. The fourth-order valence-electron chi connectivity index (χ4n) is 2.45. The minimum absolute atomic E-state index is 0.173. The van der Waals surface area contributed by atoms with Crippen LogP contribution in [0.1, 0.15) is 5.56 Å². The first kappa shape index (κ1) is 16.4. The number of nitrogens with zero attached hydrogens (tertiary/aromatic N) is 3. The summed E-state index contributed by atoms with van der Waals surface area (Å²) in [7, 11) is 0.488. The van der Waals surface area contributed by atoms with Gasteiger partial charge in [-0.2, -0.15) is 0 Å². The van der Waals surface area contributed by atoms with Crippen LogP contribution in [0.5, 0.6) is 0 Å². The Bertz CT molecular complexity index is 898. The van der Waals surface area contributed by atoms with E-state index in [0.717, 1.165) is 17.8 Å². The molecule has 5 nitrogen and oxygen atoms in total. The number of hydrogen-bond donors (Lipinski definition) is 0. The number of pyridine rings is 1. The lowest BCUT2D eigenvalue weighted by Gasteiger charge is -2.10. The van der Waals surface area contributed by atoms with E-state index < -0.39 is 10.0 Å². The van der Waals surface area contributed by atoms with Crippen molar-refractivity contribution < 1.29 is 8.42 Å². The van der Waals surface area contributed by atoms with Crippen LogP contribution in [0.4, 0.5) is 0 Å². The van der Waals surface area contributed by atoms with Crippen LogP contribution in [0.3, 0.4) is 0 Å². The minimum Gasteiger partial charge on any atom is -0.305 e. The Morgan fingerprint density at radius 3 is 2.21 bits per heavy atom. The Morgan fingerprint density at radius 1 is 1.00 bits per heavy atom. The molecule has 0 radical (unpaired) electrons. The third kappa shape index (κ3) is 3.39. The zero-order chi connectivity index (χ0) is 17.2. The van der Waals surface area contributed by atoms with Gasteiger partial charge in [0.25, 0.3) is 10.0 Å². The number of benzene rings is 1. The predicted octanol–water partition coefficient (Wildman–Crippen LogP) is 2.85. The number of rotatable bonds is 5. The van der Waals surface area contributed by atoms with Gasteiger partial charge in [0.1, 0.15) is 4.90 Å². The van der Waals surface area contributed by atoms with Crippen molar-refractivity contribution >= 4 is 10.0 Å². The van der Waals surface area contributed by atoms with Gasteiger partial charge in [-0.15, -0.1) is 0 Å². The normalized spacial score (nSPS) is 11.8. The van der Waals surface area contributed by atoms with Gasteiger partial charge < -0.3 is 4.90 Å². The summed E-state index contributed by atoms with van der Waals surface area (Å²) in [5.74, 6) is 0. The summed E-state index contributed by atoms with van der Waals surface area (Å²) in [6.45, 7) is 0.877. The van der Waals surface area contributed by atoms with Gasteiger partial charge >= 0.3 is 0 Å². The molecule has 6 heteroatoms. The second-order valence-corrected chi connectivity index (χ2v) is 7.68. The zero-order valence-electron chi connectivity index (χ0n) is 13.6. The second-order valence-electron chi connectivity index (χ2n) is 5.83. The molecule has 0 fully saturated rings. The van der Waals surface area contributed by atoms with Crippen LogP contribution in [-0.4, -0.2) is 36.4 Å². The van der Waals surface area contributed by atoms with Gasteiger partial charge in [0.15, 0.2) is 0 Å². The SMILES string of the molecule is CN(C)Cc1ccc(-c2ccc(S(=O)(=O)n3cccc3)cn2)cc1. The van der Waals surface area contributed by atoms with Crippen molar-refractivity contribution in [2.24, 2.45) is 0 Å². The van der Waals surface area contributed by atoms with E-state index in [4.69, 9.17) is 0 Å². The topological polar surface area (TPSA) is 55.2 Å². The molecule has 2 aromatic heterocycles. The van der Waals surface area contributed by atoms with E-state index in [1.165, 1.54) is 28.1 Å². The molecule has 2 heterocycles. The fraction of sp³-hybridized carbons (Fsp3) is 0.167. The Hall–Kier alpha value is -2.44. The van der Waals surface area contributed by atoms with E-state index >= 15 is 0 Å². The number of aromatic nitrogens is 2. The summed E-state index contributed by atoms with van der Waals surface area (Å²) in [4.78, 5) is 6.59. The average molecular weight is 341 g/mol. The van der Waals surface area contributed by atoms with Gasteiger partial charge in [-0.05, 0) is 43.9 Å². The van der Waals surface area contributed by atoms with Crippen molar-refractivity contribution in [2.75, 3.05) is 14.1 Å². The van der Waals surface area contributed by atoms with Gasteiger partial charge in [0.2, 0.25) is 0 Å². The Labute approximate surface area is 142 Å². The molecule has 124 valence electrons. The second kappa shape index (κ2) is 6.59. The first-order valence-electron chi connectivity index (χ1n) is 7.55. The van der Waals surface area contributed by atoms with Gasteiger partial charge in [-0.25, -0.2) is 12.4 Å². The van der Waals surface area contributed by atoms with Crippen molar-refractivity contribution in [3.05, 3.63) is 72.7 Å². The standard InChI is InChI=1S/C18H19N3O2S/c1-20(2)14-15-5-7-16(8-6-15)18-10-9-17(13-19-18)24(22,23)21-11-3-4-12-21/h3-13H,14H2,1-2H3. The molecule has 0 aliphatic carbocycles. The molecule has 0 saturated heterocycles. The van der Waals surface area contributed by atoms with Crippen molar-refractivity contribution in [2.45, 2.75) is 11.4 Å². The molecule has 0 N–H and O–H groups in total. The summed E-state index contributed by atoms with van der Waals surface area (Å²) in [6, 6.07) is 14.8. The minimum atomic E-state index is -3.57. The molecule has 0 amide bonds. The molecule has 0 aliphatic rings. The smallest absolute Gasteiger partial charge is 0.269 e. The van der Waals surface area contributed by atoms with E-state index in [1.54, 1.807) is 24.3 Å². The van der Waals surface area contributed by atoms with E-state index in [2.05, 4.69) is 22.0 Å². The van der Waals surface area contributed by atoms with Crippen molar-refractivity contribution in [3.63, 3.8) is 0 Å². The van der Waals surface area contributed by atoms with E-state index in [1.807, 2.05) is 26.2 Å². The quantitative estimate of drug-likeness (QED) is 0.716.